The van der Waals surface area contributed by atoms with Crippen molar-refractivity contribution < 1.29 is 8.78 Å². The third-order valence-corrected chi connectivity index (χ3v) is 3.27. The predicted octanol–water partition coefficient (Wildman–Crippen LogP) is 3.60. The fourth-order valence-corrected chi connectivity index (χ4v) is 2.24. The van der Waals surface area contributed by atoms with Crippen molar-refractivity contribution in [1.82, 2.24) is 5.43 Å². The lowest BCUT2D eigenvalue weighted by molar-refractivity contribution is 0.384. The van der Waals surface area contributed by atoms with Gasteiger partial charge in [-0.05, 0) is 30.9 Å². The molecule has 0 aliphatic heterocycles. The molecule has 0 heterocycles. The zero-order valence-electron chi connectivity index (χ0n) is 11.3. The lowest BCUT2D eigenvalue weighted by Gasteiger charge is -2.21. The highest BCUT2D eigenvalue weighted by atomic mass is 19.1. The first-order valence-corrected chi connectivity index (χ1v) is 6.41. The van der Waals surface area contributed by atoms with Gasteiger partial charge in [-0.3, -0.25) is 11.3 Å². The van der Waals surface area contributed by atoms with E-state index in [2.05, 4.69) is 19.3 Å². The number of rotatable bonds is 6. The van der Waals surface area contributed by atoms with E-state index in [-0.39, 0.29) is 6.04 Å². The van der Waals surface area contributed by atoms with E-state index in [9.17, 15) is 8.78 Å². The van der Waals surface area contributed by atoms with Gasteiger partial charge in [0.2, 0.25) is 0 Å². The summed E-state index contributed by atoms with van der Waals surface area (Å²) in [7, 11) is 0. The predicted molar refractivity (Wildman–Crippen MR) is 69.8 cm³/mol. The fourth-order valence-electron chi connectivity index (χ4n) is 2.24. The van der Waals surface area contributed by atoms with E-state index < -0.39 is 11.6 Å². The molecule has 0 spiro atoms. The molecule has 0 amide bonds. The second kappa shape index (κ2) is 6.81. The maximum absolute atomic E-state index is 13.8. The third kappa shape index (κ3) is 3.75. The van der Waals surface area contributed by atoms with E-state index in [1.165, 1.54) is 6.07 Å². The van der Waals surface area contributed by atoms with Crippen LogP contribution in [0.3, 0.4) is 0 Å². The van der Waals surface area contributed by atoms with Crippen LogP contribution >= 0.6 is 0 Å². The maximum atomic E-state index is 13.8. The Balaban J connectivity index is 2.91. The van der Waals surface area contributed by atoms with Crippen LogP contribution < -0.4 is 11.3 Å². The number of hydrogen-bond acceptors (Lipinski definition) is 2. The lowest BCUT2D eigenvalue weighted by Crippen LogP contribution is -2.30. The van der Waals surface area contributed by atoms with E-state index in [1.807, 2.05) is 0 Å². The van der Waals surface area contributed by atoms with Crippen molar-refractivity contribution in [2.75, 3.05) is 0 Å². The van der Waals surface area contributed by atoms with E-state index in [0.717, 1.165) is 25.3 Å². The van der Waals surface area contributed by atoms with Crippen LogP contribution in [0.4, 0.5) is 8.78 Å². The number of nitrogens with one attached hydrogen (secondary N) is 1. The van der Waals surface area contributed by atoms with E-state index >= 15 is 0 Å². The third-order valence-electron chi connectivity index (χ3n) is 3.27. The number of nitrogens with two attached hydrogens (primary N) is 1. The topological polar surface area (TPSA) is 38.0 Å². The summed E-state index contributed by atoms with van der Waals surface area (Å²) in [4.78, 5) is 0. The van der Waals surface area contributed by atoms with Gasteiger partial charge in [0.25, 0.3) is 0 Å². The first kappa shape index (κ1) is 15.1. The molecule has 0 bridgehead atoms. The quantitative estimate of drug-likeness (QED) is 0.603. The Morgan fingerprint density at radius 3 is 2.50 bits per heavy atom. The Morgan fingerprint density at radius 1 is 1.28 bits per heavy atom. The fraction of sp³-hybridized carbons (Fsp3) is 0.571. The second-order valence-corrected chi connectivity index (χ2v) is 4.97. The SMILES string of the molecule is CCCC(C)CC(NN)c1cc(C)c(F)cc1F. The molecule has 0 aliphatic carbocycles. The highest BCUT2D eigenvalue weighted by molar-refractivity contribution is 5.28. The molecule has 1 aromatic rings. The molecule has 0 saturated heterocycles. The van der Waals surface area contributed by atoms with Gasteiger partial charge in [-0.2, -0.15) is 0 Å². The van der Waals surface area contributed by atoms with Gasteiger partial charge in [-0.15, -0.1) is 0 Å². The summed E-state index contributed by atoms with van der Waals surface area (Å²) in [5, 5.41) is 0. The van der Waals surface area contributed by atoms with Crippen molar-refractivity contribution in [2.24, 2.45) is 11.8 Å². The number of benzene rings is 1. The largest absolute Gasteiger partial charge is 0.271 e. The van der Waals surface area contributed by atoms with Crippen molar-refractivity contribution in [3.05, 3.63) is 34.9 Å². The number of hydrazine groups is 1. The number of halogens is 2. The summed E-state index contributed by atoms with van der Waals surface area (Å²) in [6.45, 7) is 5.85. The molecule has 2 unspecified atom stereocenters. The van der Waals surface area contributed by atoms with E-state index in [1.54, 1.807) is 6.92 Å². The Kier molecular flexibility index (Phi) is 5.69. The van der Waals surface area contributed by atoms with Gasteiger partial charge < -0.3 is 0 Å². The molecule has 102 valence electrons. The first-order valence-electron chi connectivity index (χ1n) is 6.41. The molecular formula is C14H22F2N2. The van der Waals surface area contributed by atoms with Gasteiger partial charge in [-0.1, -0.05) is 26.7 Å². The summed E-state index contributed by atoms with van der Waals surface area (Å²) in [5.41, 5.74) is 3.52. The smallest absolute Gasteiger partial charge is 0.130 e. The molecule has 0 aliphatic rings. The Labute approximate surface area is 108 Å². The molecule has 18 heavy (non-hydrogen) atoms. The molecule has 1 rings (SSSR count). The van der Waals surface area contributed by atoms with E-state index in [0.29, 0.717) is 17.0 Å². The highest BCUT2D eigenvalue weighted by Gasteiger charge is 2.18. The second-order valence-electron chi connectivity index (χ2n) is 4.97. The standard InChI is InChI=1S/C14H22F2N2/c1-4-5-9(2)6-14(18-17)11-7-10(3)12(15)8-13(11)16/h7-9,14,18H,4-6,17H2,1-3H3. The van der Waals surface area contributed by atoms with Gasteiger partial charge in [0, 0.05) is 17.7 Å². The molecule has 2 atom stereocenters. The van der Waals surface area contributed by atoms with Crippen molar-refractivity contribution in [3.8, 4) is 0 Å². The molecule has 0 fully saturated rings. The first-order chi connectivity index (χ1) is 8.49. The van der Waals surface area contributed by atoms with E-state index in [4.69, 9.17) is 5.84 Å². The molecule has 4 heteroatoms. The molecular weight excluding hydrogens is 234 g/mol. The zero-order chi connectivity index (χ0) is 13.7. The average Bonchev–Trinajstić information content (AvgIpc) is 2.31. The molecule has 1 aromatic carbocycles. The van der Waals surface area contributed by atoms with Crippen LogP contribution in [0.15, 0.2) is 12.1 Å². The Hall–Kier alpha value is -1.00. The summed E-state index contributed by atoms with van der Waals surface area (Å²) in [5.74, 6) is 4.88. The minimum atomic E-state index is -0.537. The van der Waals surface area contributed by atoms with Crippen LogP contribution in [0.5, 0.6) is 0 Å². The molecule has 0 saturated carbocycles. The zero-order valence-corrected chi connectivity index (χ0v) is 11.3. The Morgan fingerprint density at radius 2 is 1.94 bits per heavy atom. The lowest BCUT2D eigenvalue weighted by atomic mass is 9.92. The van der Waals surface area contributed by atoms with Crippen LogP contribution in [0.25, 0.3) is 0 Å². The van der Waals surface area contributed by atoms with Gasteiger partial charge >= 0.3 is 0 Å². The normalized spacial score (nSPS) is 14.6. The van der Waals surface area contributed by atoms with Crippen LogP contribution in [-0.2, 0) is 0 Å². The van der Waals surface area contributed by atoms with Crippen LogP contribution in [-0.4, -0.2) is 0 Å². The summed E-state index contributed by atoms with van der Waals surface area (Å²) in [6, 6.07) is 2.19. The van der Waals surface area contributed by atoms with Crippen LogP contribution in [0.2, 0.25) is 0 Å². The minimum Gasteiger partial charge on any atom is -0.271 e. The van der Waals surface area contributed by atoms with Gasteiger partial charge in [0.1, 0.15) is 11.6 Å². The number of hydrogen-bond donors (Lipinski definition) is 2. The van der Waals surface area contributed by atoms with Crippen molar-refractivity contribution >= 4 is 0 Å². The summed E-state index contributed by atoms with van der Waals surface area (Å²) >= 11 is 0. The van der Waals surface area contributed by atoms with Gasteiger partial charge in [0.05, 0.1) is 0 Å². The van der Waals surface area contributed by atoms with Crippen molar-refractivity contribution in [3.63, 3.8) is 0 Å². The highest BCUT2D eigenvalue weighted by Crippen LogP contribution is 2.27. The van der Waals surface area contributed by atoms with Crippen LogP contribution in [0.1, 0.15) is 50.3 Å². The Bertz CT molecular complexity index is 394. The number of aryl methyl sites for hydroxylation is 1. The monoisotopic (exact) mass is 256 g/mol. The molecule has 2 nitrogen and oxygen atoms in total. The van der Waals surface area contributed by atoms with Gasteiger partial charge in [-0.25, -0.2) is 8.78 Å². The minimum absolute atomic E-state index is 0.272. The summed E-state index contributed by atoms with van der Waals surface area (Å²) < 4.78 is 27.0. The average molecular weight is 256 g/mol. The van der Waals surface area contributed by atoms with Crippen LogP contribution in [0, 0.1) is 24.5 Å². The molecule has 0 aromatic heterocycles. The van der Waals surface area contributed by atoms with Gasteiger partial charge in [0.15, 0.2) is 0 Å². The van der Waals surface area contributed by atoms with Crippen molar-refractivity contribution in [2.45, 2.75) is 46.1 Å². The molecule has 3 N–H and O–H groups in total. The summed E-state index contributed by atoms with van der Waals surface area (Å²) in [6.07, 6.45) is 2.90. The maximum Gasteiger partial charge on any atom is 0.130 e. The van der Waals surface area contributed by atoms with Crippen molar-refractivity contribution in [1.29, 1.82) is 0 Å². The molecule has 0 radical (unpaired) electrons.